The van der Waals surface area contributed by atoms with Gasteiger partial charge in [0.1, 0.15) is 5.82 Å². The molecular weight excluding hydrogens is 323 g/mol. The van der Waals surface area contributed by atoms with Gasteiger partial charge in [-0.2, -0.15) is 5.10 Å². The van der Waals surface area contributed by atoms with E-state index in [4.69, 9.17) is 0 Å². The molecule has 0 bridgehead atoms. The number of nitrogens with one attached hydrogen (secondary N) is 1. The maximum absolute atomic E-state index is 13.1. The van der Waals surface area contributed by atoms with E-state index in [-0.39, 0.29) is 17.9 Å². The third-order valence-corrected chi connectivity index (χ3v) is 3.61. The highest BCUT2D eigenvalue weighted by Gasteiger charge is 2.23. The first kappa shape index (κ1) is 15.1. The fraction of sp³-hybridized carbons (Fsp3) is 0.429. The summed E-state index contributed by atoms with van der Waals surface area (Å²) in [5.41, 5.74) is 1.78. The van der Waals surface area contributed by atoms with Crippen LogP contribution in [0.1, 0.15) is 44.2 Å². The second kappa shape index (κ2) is 6.45. The number of hydrogen-bond acceptors (Lipinski definition) is 3. The van der Waals surface area contributed by atoms with E-state index in [2.05, 4.69) is 45.2 Å². The van der Waals surface area contributed by atoms with Gasteiger partial charge < -0.3 is 5.32 Å². The molecule has 0 saturated carbocycles. The lowest BCUT2D eigenvalue weighted by molar-refractivity contribution is 0.471. The van der Waals surface area contributed by atoms with E-state index in [1.54, 1.807) is 12.3 Å². The van der Waals surface area contributed by atoms with Crippen molar-refractivity contribution in [1.82, 2.24) is 20.1 Å². The van der Waals surface area contributed by atoms with Crippen molar-refractivity contribution in [3.63, 3.8) is 0 Å². The molecule has 108 valence electrons. The summed E-state index contributed by atoms with van der Waals surface area (Å²) in [4.78, 5) is 4.20. The van der Waals surface area contributed by atoms with Gasteiger partial charge in [0.05, 0.1) is 34.3 Å². The normalized spacial score (nSPS) is 12.9. The first-order valence-electron chi connectivity index (χ1n) is 6.62. The SMILES string of the molecule is CCNC(c1ccc(F)cn1)c1c(Br)cnn1C(C)C. The molecule has 0 aromatic carbocycles. The lowest BCUT2D eigenvalue weighted by Gasteiger charge is -2.21. The minimum absolute atomic E-state index is 0.125. The molecule has 1 atom stereocenters. The quantitative estimate of drug-likeness (QED) is 0.906. The fourth-order valence-corrected chi connectivity index (χ4v) is 2.64. The summed E-state index contributed by atoms with van der Waals surface area (Å²) in [5, 5.41) is 7.77. The molecular formula is C14H18BrFN4. The summed E-state index contributed by atoms with van der Waals surface area (Å²) >= 11 is 3.54. The van der Waals surface area contributed by atoms with Crippen LogP contribution in [0.15, 0.2) is 29.0 Å². The largest absolute Gasteiger partial charge is 0.304 e. The van der Waals surface area contributed by atoms with Gasteiger partial charge in [0, 0.05) is 6.04 Å². The molecule has 20 heavy (non-hydrogen) atoms. The minimum Gasteiger partial charge on any atom is -0.304 e. The molecule has 4 nitrogen and oxygen atoms in total. The number of rotatable bonds is 5. The number of nitrogens with zero attached hydrogens (tertiary/aromatic N) is 3. The average molecular weight is 341 g/mol. The van der Waals surface area contributed by atoms with Crippen molar-refractivity contribution < 1.29 is 4.39 Å². The van der Waals surface area contributed by atoms with Crippen LogP contribution in [-0.2, 0) is 0 Å². The molecule has 1 N–H and O–H groups in total. The van der Waals surface area contributed by atoms with Gasteiger partial charge >= 0.3 is 0 Å². The first-order chi connectivity index (χ1) is 9.54. The molecule has 0 fully saturated rings. The molecule has 2 heterocycles. The van der Waals surface area contributed by atoms with Gasteiger partial charge in [0.2, 0.25) is 0 Å². The van der Waals surface area contributed by atoms with Crippen molar-refractivity contribution >= 4 is 15.9 Å². The van der Waals surface area contributed by atoms with Gasteiger partial charge in [-0.05, 0) is 48.5 Å². The Morgan fingerprint density at radius 1 is 1.35 bits per heavy atom. The highest BCUT2D eigenvalue weighted by atomic mass is 79.9. The average Bonchev–Trinajstić information content (AvgIpc) is 2.79. The molecule has 0 amide bonds. The van der Waals surface area contributed by atoms with E-state index >= 15 is 0 Å². The summed E-state index contributed by atoms with van der Waals surface area (Å²) in [5.74, 6) is -0.333. The molecule has 6 heteroatoms. The van der Waals surface area contributed by atoms with Crippen LogP contribution in [0.2, 0.25) is 0 Å². The van der Waals surface area contributed by atoms with Crippen molar-refractivity contribution in [3.05, 3.63) is 46.2 Å². The monoisotopic (exact) mass is 340 g/mol. The second-order valence-electron chi connectivity index (χ2n) is 4.81. The van der Waals surface area contributed by atoms with Crippen LogP contribution in [0.5, 0.6) is 0 Å². The number of pyridine rings is 1. The van der Waals surface area contributed by atoms with Gasteiger partial charge in [0.25, 0.3) is 0 Å². The van der Waals surface area contributed by atoms with Crippen LogP contribution in [0.25, 0.3) is 0 Å². The Bertz CT molecular complexity index is 565. The van der Waals surface area contributed by atoms with Crippen molar-refractivity contribution in [2.45, 2.75) is 32.9 Å². The Kier molecular flexibility index (Phi) is 4.88. The molecule has 0 spiro atoms. The number of hydrogen-bond donors (Lipinski definition) is 1. The van der Waals surface area contributed by atoms with Crippen molar-refractivity contribution in [3.8, 4) is 0 Å². The molecule has 2 aromatic heterocycles. The van der Waals surface area contributed by atoms with Crippen LogP contribution in [0.3, 0.4) is 0 Å². The van der Waals surface area contributed by atoms with Crippen molar-refractivity contribution in [2.75, 3.05) is 6.54 Å². The van der Waals surface area contributed by atoms with E-state index in [1.807, 2.05) is 11.6 Å². The summed E-state index contributed by atoms with van der Waals surface area (Å²) < 4.78 is 15.9. The highest BCUT2D eigenvalue weighted by molar-refractivity contribution is 9.10. The van der Waals surface area contributed by atoms with Crippen LogP contribution in [0.4, 0.5) is 4.39 Å². The summed E-state index contributed by atoms with van der Waals surface area (Å²) in [6.07, 6.45) is 3.02. The van der Waals surface area contributed by atoms with E-state index in [1.165, 1.54) is 12.3 Å². The minimum atomic E-state index is -0.333. The topological polar surface area (TPSA) is 42.7 Å². The van der Waals surface area contributed by atoms with Crippen LogP contribution in [0, 0.1) is 5.82 Å². The van der Waals surface area contributed by atoms with Crippen molar-refractivity contribution in [2.24, 2.45) is 0 Å². The van der Waals surface area contributed by atoms with Crippen LogP contribution in [-0.4, -0.2) is 21.3 Å². The molecule has 0 saturated heterocycles. The fourth-order valence-electron chi connectivity index (χ4n) is 2.14. The number of aromatic nitrogens is 3. The van der Waals surface area contributed by atoms with Crippen molar-refractivity contribution in [1.29, 1.82) is 0 Å². The predicted molar refractivity (Wildman–Crippen MR) is 80.0 cm³/mol. The van der Waals surface area contributed by atoms with Crippen LogP contribution < -0.4 is 5.32 Å². The molecule has 2 aromatic rings. The van der Waals surface area contributed by atoms with Gasteiger partial charge in [-0.25, -0.2) is 4.39 Å². The Hall–Kier alpha value is -1.27. The van der Waals surface area contributed by atoms with E-state index in [0.717, 1.165) is 22.4 Å². The maximum Gasteiger partial charge on any atom is 0.141 e. The Labute approximate surface area is 126 Å². The van der Waals surface area contributed by atoms with E-state index < -0.39 is 0 Å². The van der Waals surface area contributed by atoms with Crippen LogP contribution >= 0.6 is 15.9 Å². The third-order valence-electron chi connectivity index (χ3n) is 3.00. The Morgan fingerprint density at radius 2 is 2.10 bits per heavy atom. The zero-order chi connectivity index (χ0) is 14.7. The van der Waals surface area contributed by atoms with Gasteiger partial charge in [0.15, 0.2) is 0 Å². The van der Waals surface area contributed by atoms with Gasteiger partial charge in [-0.15, -0.1) is 0 Å². The summed E-state index contributed by atoms with van der Waals surface area (Å²) in [6.45, 7) is 6.95. The van der Waals surface area contributed by atoms with E-state index in [0.29, 0.717) is 0 Å². The lowest BCUT2D eigenvalue weighted by Crippen LogP contribution is -2.26. The molecule has 0 aliphatic rings. The Morgan fingerprint density at radius 3 is 2.65 bits per heavy atom. The van der Waals surface area contributed by atoms with Gasteiger partial charge in [-0.3, -0.25) is 9.67 Å². The lowest BCUT2D eigenvalue weighted by atomic mass is 10.1. The summed E-state index contributed by atoms with van der Waals surface area (Å²) in [6, 6.07) is 3.24. The molecule has 1 unspecified atom stereocenters. The third kappa shape index (κ3) is 3.07. The molecule has 2 rings (SSSR count). The smallest absolute Gasteiger partial charge is 0.141 e. The molecule has 0 aliphatic carbocycles. The highest BCUT2D eigenvalue weighted by Crippen LogP contribution is 2.29. The number of halogens is 2. The second-order valence-corrected chi connectivity index (χ2v) is 5.66. The molecule has 0 radical (unpaired) electrons. The zero-order valence-corrected chi connectivity index (χ0v) is 13.4. The zero-order valence-electron chi connectivity index (χ0n) is 11.8. The molecule has 0 aliphatic heterocycles. The first-order valence-corrected chi connectivity index (χ1v) is 7.41. The van der Waals surface area contributed by atoms with Gasteiger partial charge in [-0.1, -0.05) is 6.92 Å². The van der Waals surface area contributed by atoms with E-state index in [9.17, 15) is 4.39 Å². The summed E-state index contributed by atoms with van der Waals surface area (Å²) in [7, 11) is 0. The maximum atomic E-state index is 13.1. The Balaban J connectivity index is 2.48. The predicted octanol–water partition coefficient (Wildman–Crippen LogP) is 3.46. The standard InChI is InChI=1S/C14H18BrFN4/c1-4-17-13(12-6-5-10(16)7-18-12)14-11(15)8-19-20(14)9(2)3/h5-9,13,17H,4H2,1-3H3.